The highest BCUT2D eigenvalue weighted by Crippen LogP contribution is 2.39. The lowest BCUT2D eigenvalue weighted by Crippen LogP contribution is -2.35. The molecule has 10 nitrogen and oxygen atoms in total. The summed E-state index contributed by atoms with van der Waals surface area (Å²) in [5, 5.41) is 16.4. The second-order valence-electron chi connectivity index (χ2n) is 9.10. The minimum absolute atomic E-state index is 0.150. The molecule has 3 fully saturated rings. The molecule has 0 bridgehead atoms. The molecule has 3 aromatic rings. The fraction of sp³-hybridized carbons (Fsp3) is 0.440. The summed E-state index contributed by atoms with van der Waals surface area (Å²) in [5.41, 5.74) is 0.600. The molecule has 2 aromatic carbocycles. The number of ether oxygens (including phenoxy) is 4. The van der Waals surface area contributed by atoms with E-state index in [1.165, 1.54) is 25.7 Å². The van der Waals surface area contributed by atoms with Crippen molar-refractivity contribution < 1.29 is 23.7 Å². The SMILES string of the molecule is O=C(Nc1ccc(Oc2ccccc2)cc1)O[C@H]1CO[C@@H]2[C@@H]1OC[C@@H]2n1nnnc1SC1CCCC1. The Morgan fingerprint density at radius 3 is 2.53 bits per heavy atom. The van der Waals surface area contributed by atoms with E-state index in [0.717, 1.165) is 10.9 Å². The standard InChI is InChI=1S/C25H27N5O5S/c31-25(26-16-10-12-18(13-11-16)34-17-6-2-1-3-7-17)35-21-15-33-22-20(14-32-23(21)22)30-24(27-28-29-30)36-19-8-4-5-9-19/h1-3,6-7,10-13,19-23H,4-5,8-9,14-15H2,(H,26,31)/t20-,21-,22-,23+/m0/s1. The van der Waals surface area contributed by atoms with E-state index in [-0.39, 0.29) is 24.9 Å². The number of benzene rings is 2. The van der Waals surface area contributed by atoms with Crippen LogP contribution >= 0.6 is 11.8 Å². The number of rotatable bonds is 7. The molecule has 3 aliphatic rings. The first-order valence-electron chi connectivity index (χ1n) is 12.2. The average molecular weight is 510 g/mol. The molecule has 1 aromatic heterocycles. The highest BCUT2D eigenvalue weighted by molar-refractivity contribution is 7.99. The van der Waals surface area contributed by atoms with Crippen LogP contribution in [0.1, 0.15) is 31.7 Å². The largest absolute Gasteiger partial charge is 0.457 e. The summed E-state index contributed by atoms with van der Waals surface area (Å²) >= 11 is 1.73. The molecule has 1 saturated carbocycles. The second-order valence-corrected chi connectivity index (χ2v) is 10.4. The monoisotopic (exact) mass is 509 g/mol. The van der Waals surface area contributed by atoms with Crippen molar-refractivity contribution in [1.82, 2.24) is 20.2 Å². The molecule has 0 unspecified atom stereocenters. The minimum Gasteiger partial charge on any atom is -0.457 e. The number of para-hydroxylation sites is 1. The first kappa shape index (κ1) is 23.3. The van der Waals surface area contributed by atoms with Crippen molar-refractivity contribution in [3.05, 3.63) is 54.6 Å². The van der Waals surface area contributed by atoms with Gasteiger partial charge in [0.2, 0.25) is 5.16 Å². The van der Waals surface area contributed by atoms with Crippen LogP contribution in [-0.4, -0.2) is 63.1 Å². The molecule has 6 rings (SSSR count). The summed E-state index contributed by atoms with van der Waals surface area (Å²) in [6.45, 7) is 0.666. The van der Waals surface area contributed by atoms with Gasteiger partial charge in [0.15, 0.2) is 6.10 Å². The number of anilines is 1. The van der Waals surface area contributed by atoms with E-state index in [0.29, 0.717) is 23.3 Å². The number of carbonyl (C=O) groups is 1. The van der Waals surface area contributed by atoms with Crippen LogP contribution in [0.4, 0.5) is 10.5 Å². The van der Waals surface area contributed by atoms with Crippen LogP contribution in [0.2, 0.25) is 0 Å². The zero-order valence-corrected chi connectivity index (χ0v) is 20.4. The predicted molar refractivity (Wildman–Crippen MR) is 131 cm³/mol. The summed E-state index contributed by atoms with van der Waals surface area (Å²) in [6.07, 6.45) is 3.18. The van der Waals surface area contributed by atoms with Gasteiger partial charge in [0.1, 0.15) is 29.7 Å². The molecule has 188 valence electrons. The highest BCUT2D eigenvalue weighted by atomic mass is 32.2. The van der Waals surface area contributed by atoms with Gasteiger partial charge < -0.3 is 18.9 Å². The number of aromatic nitrogens is 4. The third kappa shape index (κ3) is 5.04. The van der Waals surface area contributed by atoms with Crippen molar-refractivity contribution in [1.29, 1.82) is 0 Å². The summed E-state index contributed by atoms with van der Waals surface area (Å²) in [7, 11) is 0. The van der Waals surface area contributed by atoms with Crippen molar-refractivity contribution in [3.8, 4) is 11.5 Å². The molecule has 11 heteroatoms. The molecule has 0 spiro atoms. The van der Waals surface area contributed by atoms with Gasteiger partial charge in [-0.05, 0) is 59.7 Å². The van der Waals surface area contributed by atoms with Crippen LogP contribution in [0.3, 0.4) is 0 Å². The molecule has 3 heterocycles. The lowest BCUT2D eigenvalue weighted by molar-refractivity contribution is 0.00751. The first-order valence-corrected chi connectivity index (χ1v) is 13.1. The van der Waals surface area contributed by atoms with Gasteiger partial charge in [-0.1, -0.05) is 42.8 Å². The molecular weight excluding hydrogens is 482 g/mol. The van der Waals surface area contributed by atoms with Crippen molar-refractivity contribution in [2.24, 2.45) is 0 Å². The number of hydrogen-bond acceptors (Lipinski definition) is 9. The molecule has 1 aliphatic carbocycles. The van der Waals surface area contributed by atoms with Gasteiger partial charge in [-0.25, -0.2) is 9.48 Å². The number of carbonyl (C=O) groups excluding carboxylic acids is 1. The lowest BCUT2D eigenvalue weighted by atomic mass is 10.1. The third-order valence-corrected chi connectivity index (χ3v) is 7.96. The molecule has 0 radical (unpaired) electrons. The van der Waals surface area contributed by atoms with E-state index in [2.05, 4.69) is 20.8 Å². The van der Waals surface area contributed by atoms with Gasteiger partial charge in [0, 0.05) is 10.9 Å². The maximum atomic E-state index is 12.6. The Balaban J connectivity index is 1.03. The number of fused-ring (bicyclic) bond motifs is 1. The first-order chi connectivity index (χ1) is 17.7. The number of nitrogens with zero attached hydrogens (tertiary/aromatic N) is 4. The third-order valence-electron chi connectivity index (χ3n) is 6.67. The molecule has 1 amide bonds. The Morgan fingerprint density at radius 1 is 0.972 bits per heavy atom. The van der Waals surface area contributed by atoms with Crippen molar-refractivity contribution in [2.75, 3.05) is 18.5 Å². The van der Waals surface area contributed by atoms with Gasteiger partial charge in [0.05, 0.1) is 13.2 Å². The van der Waals surface area contributed by atoms with Crippen molar-refractivity contribution in [3.63, 3.8) is 0 Å². The maximum absolute atomic E-state index is 12.6. The Morgan fingerprint density at radius 2 is 1.72 bits per heavy atom. The number of hydrogen-bond donors (Lipinski definition) is 1. The highest BCUT2D eigenvalue weighted by Gasteiger charge is 2.51. The van der Waals surface area contributed by atoms with E-state index in [1.807, 2.05) is 35.0 Å². The molecule has 2 saturated heterocycles. The van der Waals surface area contributed by atoms with E-state index in [4.69, 9.17) is 18.9 Å². The van der Waals surface area contributed by atoms with Gasteiger partial charge in [-0.2, -0.15) is 0 Å². The maximum Gasteiger partial charge on any atom is 0.412 e. The minimum atomic E-state index is -0.562. The topological polar surface area (TPSA) is 110 Å². The summed E-state index contributed by atoms with van der Waals surface area (Å²) in [4.78, 5) is 12.6. The number of nitrogens with one attached hydrogen (secondary N) is 1. The van der Waals surface area contributed by atoms with Gasteiger partial charge in [-0.3, -0.25) is 5.32 Å². The fourth-order valence-corrected chi connectivity index (χ4v) is 6.13. The Bertz CT molecular complexity index is 1170. The van der Waals surface area contributed by atoms with Crippen LogP contribution in [0.25, 0.3) is 0 Å². The number of amides is 1. The molecule has 2 aliphatic heterocycles. The van der Waals surface area contributed by atoms with E-state index >= 15 is 0 Å². The van der Waals surface area contributed by atoms with Crippen molar-refractivity contribution in [2.45, 2.75) is 60.4 Å². The van der Waals surface area contributed by atoms with Crippen LogP contribution in [0.5, 0.6) is 11.5 Å². The van der Waals surface area contributed by atoms with Gasteiger partial charge >= 0.3 is 6.09 Å². The molecular formula is C25H27N5O5S. The quantitative estimate of drug-likeness (QED) is 0.494. The fourth-order valence-electron chi connectivity index (χ4n) is 4.90. The normalized spacial score (nSPS) is 25.6. The number of thioether (sulfide) groups is 1. The molecule has 4 atom stereocenters. The zero-order valence-electron chi connectivity index (χ0n) is 19.6. The smallest absolute Gasteiger partial charge is 0.412 e. The summed E-state index contributed by atoms with van der Waals surface area (Å²) in [5.74, 6) is 1.42. The van der Waals surface area contributed by atoms with Gasteiger partial charge in [0.25, 0.3) is 0 Å². The van der Waals surface area contributed by atoms with Crippen LogP contribution in [0, 0.1) is 0 Å². The van der Waals surface area contributed by atoms with Crippen LogP contribution < -0.4 is 10.1 Å². The van der Waals surface area contributed by atoms with Crippen LogP contribution in [-0.2, 0) is 14.2 Å². The number of tetrazole rings is 1. The van der Waals surface area contributed by atoms with E-state index in [9.17, 15) is 4.79 Å². The lowest BCUT2D eigenvalue weighted by Gasteiger charge is -2.18. The van der Waals surface area contributed by atoms with Crippen LogP contribution in [0.15, 0.2) is 59.8 Å². The van der Waals surface area contributed by atoms with Crippen molar-refractivity contribution >= 4 is 23.5 Å². The zero-order chi connectivity index (χ0) is 24.3. The molecule has 36 heavy (non-hydrogen) atoms. The second kappa shape index (κ2) is 10.5. The Labute approximate surface area is 212 Å². The van der Waals surface area contributed by atoms with E-state index in [1.54, 1.807) is 36.0 Å². The predicted octanol–water partition coefficient (Wildman–Crippen LogP) is 4.46. The summed E-state index contributed by atoms with van der Waals surface area (Å²) < 4.78 is 25.3. The molecule has 1 N–H and O–H groups in total. The Hall–Kier alpha value is -3.15. The van der Waals surface area contributed by atoms with E-state index < -0.39 is 12.2 Å². The van der Waals surface area contributed by atoms with Gasteiger partial charge in [-0.15, -0.1) is 5.10 Å². The Kier molecular flexibility index (Phi) is 6.75. The summed E-state index contributed by atoms with van der Waals surface area (Å²) in [6, 6.07) is 16.5. The average Bonchev–Trinajstić information content (AvgIpc) is 3.69.